The molecular weight excluding hydrogens is 312 g/mol. The molecule has 0 bridgehead atoms. The highest BCUT2D eigenvalue weighted by molar-refractivity contribution is 7.94. The summed E-state index contributed by atoms with van der Waals surface area (Å²) in [5.41, 5.74) is 1.49. The summed E-state index contributed by atoms with van der Waals surface area (Å²) in [7, 11) is -3.75. The van der Waals surface area contributed by atoms with Gasteiger partial charge in [0.05, 0.1) is 18.0 Å². The molecule has 0 aliphatic carbocycles. The van der Waals surface area contributed by atoms with E-state index in [9.17, 15) is 8.42 Å². The Balaban J connectivity index is 2.28. The molecule has 2 N–H and O–H groups in total. The maximum Gasteiger partial charge on any atom is 0.273 e. The number of nitrogens with one attached hydrogen (secondary N) is 1. The highest BCUT2D eigenvalue weighted by Crippen LogP contribution is 2.23. The maximum atomic E-state index is 12.2. The summed E-state index contributed by atoms with van der Waals surface area (Å²) < 4.78 is 26.8. The molecule has 9 heteroatoms. The van der Waals surface area contributed by atoms with E-state index < -0.39 is 10.0 Å². The molecule has 0 aromatic carbocycles. The number of aryl methyl sites for hydroxylation is 2. The van der Waals surface area contributed by atoms with Crippen LogP contribution in [0.1, 0.15) is 30.1 Å². The lowest BCUT2D eigenvalue weighted by Crippen LogP contribution is -2.16. The third-order valence-corrected chi connectivity index (χ3v) is 5.68. The zero-order valence-corrected chi connectivity index (χ0v) is 13.3. The van der Waals surface area contributed by atoms with E-state index in [0.717, 1.165) is 22.7 Å². The van der Waals surface area contributed by atoms with Gasteiger partial charge in [-0.15, -0.1) is 21.5 Å². The Hall–Kier alpha value is -1.58. The van der Waals surface area contributed by atoms with Crippen molar-refractivity contribution in [1.29, 1.82) is 0 Å². The molecule has 0 unspecified atom stereocenters. The van der Waals surface area contributed by atoms with Crippen LogP contribution in [0.4, 0.5) is 5.95 Å². The molecule has 0 radical (unpaired) electrons. The lowest BCUT2D eigenvalue weighted by Gasteiger charge is -2.07. The van der Waals surface area contributed by atoms with Gasteiger partial charge in [0.25, 0.3) is 16.0 Å². The van der Waals surface area contributed by atoms with Crippen molar-refractivity contribution in [2.75, 3.05) is 4.72 Å². The molecule has 0 amide bonds. The van der Waals surface area contributed by atoms with E-state index in [1.165, 1.54) is 6.07 Å². The number of aliphatic hydroxyl groups is 1. The third kappa shape index (κ3) is 3.55. The van der Waals surface area contributed by atoms with Gasteiger partial charge in [0.15, 0.2) is 0 Å². The van der Waals surface area contributed by atoms with E-state index in [-0.39, 0.29) is 16.8 Å². The minimum Gasteiger partial charge on any atom is -0.391 e. The van der Waals surface area contributed by atoms with Crippen LogP contribution in [-0.2, 0) is 29.5 Å². The lowest BCUT2D eigenvalue weighted by molar-refractivity contribution is 0.285. The van der Waals surface area contributed by atoms with Gasteiger partial charge in [0.2, 0.25) is 0 Å². The predicted octanol–water partition coefficient (Wildman–Crippen LogP) is 1.35. The molecule has 0 fully saturated rings. The Labute approximate surface area is 127 Å². The maximum absolute atomic E-state index is 12.2. The number of thiophene rings is 1. The van der Waals surface area contributed by atoms with Crippen LogP contribution in [0.2, 0.25) is 0 Å². The van der Waals surface area contributed by atoms with E-state index >= 15 is 0 Å². The molecule has 2 rings (SSSR count). The number of aromatic nitrogens is 3. The Morgan fingerprint density at radius 1 is 1.19 bits per heavy atom. The molecule has 114 valence electrons. The van der Waals surface area contributed by atoms with Gasteiger partial charge in [-0.2, -0.15) is 0 Å². The Kier molecular flexibility index (Phi) is 4.86. The molecule has 21 heavy (non-hydrogen) atoms. The molecule has 0 spiro atoms. The normalized spacial score (nSPS) is 11.6. The molecule has 7 nitrogen and oxygen atoms in total. The smallest absolute Gasteiger partial charge is 0.273 e. The largest absolute Gasteiger partial charge is 0.391 e. The minimum absolute atomic E-state index is 0.0389. The average Bonchev–Trinajstić information content (AvgIpc) is 2.96. The SMILES string of the molecule is CCc1nnc(NS(=O)(=O)c2ccc(CO)s2)nc1CC. The molecule has 2 aromatic heterocycles. The Morgan fingerprint density at radius 2 is 1.90 bits per heavy atom. The van der Waals surface area contributed by atoms with Crippen LogP contribution < -0.4 is 4.72 Å². The van der Waals surface area contributed by atoms with E-state index in [1.54, 1.807) is 6.07 Å². The molecule has 0 saturated carbocycles. The molecule has 0 aliphatic heterocycles. The van der Waals surface area contributed by atoms with Crippen molar-refractivity contribution in [1.82, 2.24) is 15.2 Å². The Morgan fingerprint density at radius 3 is 2.48 bits per heavy atom. The van der Waals surface area contributed by atoms with Gasteiger partial charge in [0.1, 0.15) is 4.21 Å². The second kappa shape index (κ2) is 6.46. The first-order valence-corrected chi connectivity index (χ1v) is 8.75. The number of hydrogen-bond donors (Lipinski definition) is 2. The van der Waals surface area contributed by atoms with Crippen LogP contribution in [-0.4, -0.2) is 28.7 Å². The average molecular weight is 328 g/mol. The summed E-state index contributed by atoms with van der Waals surface area (Å²) >= 11 is 1.00. The van der Waals surface area contributed by atoms with Gasteiger partial charge in [-0.05, 0) is 25.0 Å². The van der Waals surface area contributed by atoms with Crippen molar-refractivity contribution in [3.8, 4) is 0 Å². The van der Waals surface area contributed by atoms with Crippen molar-refractivity contribution in [3.05, 3.63) is 28.4 Å². The number of hydrogen-bond acceptors (Lipinski definition) is 7. The quantitative estimate of drug-likeness (QED) is 0.829. The van der Waals surface area contributed by atoms with E-state index in [4.69, 9.17) is 5.11 Å². The first kappa shape index (κ1) is 15.8. The monoisotopic (exact) mass is 328 g/mol. The van der Waals surface area contributed by atoms with Crippen LogP contribution in [0.5, 0.6) is 0 Å². The second-order valence-corrected chi connectivity index (χ2v) is 7.30. The zero-order valence-electron chi connectivity index (χ0n) is 11.7. The summed E-state index contributed by atoms with van der Waals surface area (Å²) in [6.07, 6.45) is 1.35. The highest BCUT2D eigenvalue weighted by atomic mass is 32.2. The van der Waals surface area contributed by atoms with Gasteiger partial charge < -0.3 is 5.11 Å². The van der Waals surface area contributed by atoms with Gasteiger partial charge in [0, 0.05) is 4.88 Å². The summed E-state index contributed by atoms with van der Waals surface area (Å²) in [4.78, 5) is 4.77. The fourth-order valence-corrected chi connectivity index (χ4v) is 3.89. The van der Waals surface area contributed by atoms with Gasteiger partial charge in [-0.25, -0.2) is 18.1 Å². The molecule has 2 aromatic rings. The first-order chi connectivity index (χ1) is 10.00. The fraction of sp³-hybridized carbons (Fsp3) is 0.417. The highest BCUT2D eigenvalue weighted by Gasteiger charge is 2.19. The summed E-state index contributed by atoms with van der Waals surface area (Å²) in [5, 5.41) is 16.8. The number of sulfonamides is 1. The molecule has 0 atom stereocenters. The third-order valence-electron chi connectivity index (χ3n) is 2.79. The van der Waals surface area contributed by atoms with Gasteiger partial charge in [-0.1, -0.05) is 13.8 Å². The predicted molar refractivity (Wildman–Crippen MR) is 79.6 cm³/mol. The lowest BCUT2D eigenvalue weighted by atomic mass is 10.2. The topological polar surface area (TPSA) is 105 Å². The molecule has 2 heterocycles. The van der Waals surface area contributed by atoms with Crippen molar-refractivity contribution in [2.24, 2.45) is 0 Å². The van der Waals surface area contributed by atoms with E-state index in [0.29, 0.717) is 17.7 Å². The standard InChI is InChI=1S/C12H16N4O3S2/c1-3-9-10(4-2)14-15-12(13-9)16-21(18,19)11-6-5-8(7-17)20-11/h5-6,17H,3-4,7H2,1-2H3,(H,13,15,16). The van der Waals surface area contributed by atoms with Crippen molar-refractivity contribution >= 4 is 27.3 Å². The van der Waals surface area contributed by atoms with Crippen LogP contribution in [0.25, 0.3) is 0 Å². The van der Waals surface area contributed by atoms with Crippen LogP contribution in [0.15, 0.2) is 16.3 Å². The minimum atomic E-state index is -3.75. The Bertz CT molecular complexity index is 728. The van der Waals surface area contributed by atoms with Crippen molar-refractivity contribution < 1.29 is 13.5 Å². The van der Waals surface area contributed by atoms with Gasteiger partial charge >= 0.3 is 0 Å². The summed E-state index contributed by atoms with van der Waals surface area (Å²) in [5.74, 6) is -0.0389. The fourth-order valence-electron chi connectivity index (χ4n) is 1.74. The number of anilines is 1. The van der Waals surface area contributed by atoms with E-state index in [2.05, 4.69) is 19.9 Å². The van der Waals surface area contributed by atoms with Gasteiger partial charge in [-0.3, -0.25) is 0 Å². The van der Waals surface area contributed by atoms with Crippen LogP contribution >= 0.6 is 11.3 Å². The first-order valence-electron chi connectivity index (χ1n) is 6.45. The van der Waals surface area contributed by atoms with Crippen LogP contribution in [0, 0.1) is 0 Å². The summed E-state index contributed by atoms with van der Waals surface area (Å²) in [6, 6.07) is 3.00. The van der Waals surface area contributed by atoms with Crippen molar-refractivity contribution in [2.45, 2.75) is 37.5 Å². The second-order valence-electron chi connectivity index (χ2n) is 4.22. The van der Waals surface area contributed by atoms with E-state index in [1.807, 2.05) is 13.8 Å². The molecular formula is C12H16N4O3S2. The van der Waals surface area contributed by atoms with Crippen molar-refractivity contribution in [3.63, 3.8) is 0 Å². The van der Waals surface area contributed by atoms with Crippen LogP contribution in [0.3, 0.4) is 0 Å². The number of aliphatic hydroxyl groups excluding tert-OH is 1. The zero-order chi connectivity index (χ0) is 15.5. The molecule has 0 aliphatic rings. The number of nitrogens with zero attached hydrogens (tertiary/aromatic N) is 3. The number of rotatable bonds is 6. The summed E-state index contributed by atoms with van der Waals surface area (Å²) in [6.45, 7) is 3.68. The molecule has 0 saturated heterocycles.